The van der Waals surface area contributed by atoms with Crippen molar-refractivity contribution < 1.29 is 19.7 Å². The summed E-state index contributed by atoms with van der Waals surface area (Å²) < 4.78 is 11.6. The Balaban J connectivity index is 0.000000607. The Bertz CT molecular complexity index is 861. The Morgan fingerprint density at radius 2 is 0.842 bits per heavy atom. The van der Waals surface area contributed by atoms with Crippen LogP contribution in [0.3, 0.4) is 0 Å². The highest BCUT2D eigenvalue weighted by Gasteiger charge is 1.97. The van der Waals surface area contributed by atoms with Crippen LogP contribution in [0.5, 0.6) is 23.0 Å². The maximum atomic E-state index is 8.65. The van der Waals surface area contributed by atoms with E-state index in [4.69, 9.17) is 19.7 Å². The number of rotatable bonds is 15. The quantitative estimate of drug-likeness (QED) is 0.195. The molecular weight excluding hydrogens is 472 g/mol. The van der Waals surface area contributed by atoms with Crippen molar-refractivity contribution in [3.05, 3.63) is 83.9 Å². The maximum Gasteiger partial charge on any atom is 0.119 e. The Morgan fingerprint density at radius 1 is 0.500 bits per heavy atom. The van der Waals surface area contributed by atoms with E-state index in [2.05, 4.69) is 62.4 Å². The Labute approximate surface area is 231 Å². The molecule has 0 aliphatic carbocycles. The number of benzene rings is 3. The second-order valence-electron chi connectivity index (χ2n) is 9.04. The van der Waals surface area contributed by atoms with Gasteiger partial charge in [0.05, 0.1) is 13.2 Å². The minimum absolute atomic E-state index is 0.0880. The molecule has 4 heteroatoms. The highest BCUT2D eigenvalue weighted by atomic mass is 16.5. The lowest BCUT2D eigenvalue weighted by Gasteiger charge is -2.07. The van der Waals surface area contributed by atoms with Gasteiger partial charge in [0.1, 0.15) is 23.0 Å². The van der Waals surface area contributed by atoms with Gasteiger partial charge < -0.3 is 19.7 Å². The van der Waals surface area contributed by atoms with Gasteiger partial charge in [-0.3, -0.25) is 0 Å². The van der Waals surface area contributed by atoms with Crippen molar-refractivity contribution in [3.8, 4) is 23.0 Å². The van der Waals surface area contributed by atoms with Crippen LogP contribution >= 0.6 is 0 Å². The smallest absolute Gasteiger partial charge is 0.119 e. The zero-order chi connectivity index (χ0) is 27.8. The van der Waals surface area contributed by atoms with Gasteiger partial charge in [0.15, 0.2) is 0 Å². The number of aryl methyl sites for hydroxylation is 2. The summed E-state index contributed by atoms with van der Waals surface area (Å²) in [5.41, 5.74) is 2.73. The van der Waals surface area contributed by atoms with Crippen molar-refractivity contribution >= 4 is 0 Å². The summed E-state index contributed by atoms with van der Waals surface area (Å²) in [5, 5.41) is 17.3. The Hall–Kier alpha value is -3.14. The summed E-state index contributed by atoms with van der Waals surface area (Å²) in [4.78, 5) is 0. The molecule has 0 radical (unpaired) electrons. The molecule has 0 saturated heterocycles. The molecule has 210 valence electrons. The van der Waals surface area contributed by atoms with Crippen molar-refractivity contribution in [2.75, 3.05) is 13.2 Å². The van der Waals surface area contributed by atoms with Crippen molar-refractivity contribution in [2.45, 2.75) is 91.9 Å². The normalized spacial score (nSPS) is 10.0. The van der Waals surface area contributed by atoms with E-state index < -0.39 is 0 Å². The third kappa shape index (κ3) is 15.9. The number of phenols is 2. The molecule has 0 amide bonds. The van der Waals surface area contributed by atoms with Gasteiger partial charge in [0.2, 0.25) is 0 Å². The minimum atomic E-state index is 0.0880. The number of unbranched alkanes of at least 4 members (excludes halogenated alkanes) is 7. The van der Waals surface area contributed by atoms with Crippen LogP contribution in [0.15, 0.2) is 72.8 Å². The van der Waals surface area contributed by atoms with Crippen LogP contribution in [0.1, 0.15) is 90.2 Å². The van der Waals surface area contributed by atoms with Crippen LogP contribution in [0.25, 0.3) is 0 Å². The minimum Gasteiger partial charge on any atom is -0.508 e. The molecule has 0 aliphatic rings. The van der Waals surface area contributed by atoms with Gasteiger partial charge in [-0.05, 0) is 73.2 Å². The third-order valence-corrected chi connectivity index (χ3v) is 6.07. The van der Waals surface area contributed by atoms with E-state index in [1.54, 1.807) is 6.07 Å². The van der Waals surface area contributed by atoms with Crippen LogP contribution in [-0.4, -0.2) is 23.4 Å². The van der Waals surface area contributed by atoms with Gasteiger partial charge in [0, 0.05) is 6.07 Å². The summed E-state index contributed by atoms with van der Waals surface area (Å²) in [6.07, 6.45) is 12.3. The van der Waals surface area contributed by atoms with Crippen molar-refractivity contribution in [1.29, 1.82) is 0 Å². The molecular formula is C34H50O4. The van der Waals surface area contributed by atoms with Crippen LogP contribution in [0.4, 0.5) is 0 Å². The predicted molar refractivity (Wildman–Crippen MR) is 161 cm³/mol. The fourth-order valence-electron chi connectivity index (χ4n) is 3.78. The monoisotopic (exact) mass is 522 g/mol. The highest BCUT2D eigenvalue weighted by Crippen LogP contribution is 2.16. The zero-order valence-electron chi connectivity index (χ0n) is 24.1. The van der Waals surface area contributed by atoms with E-state index in [-0.39, 0.29) is 11.5 Å². The average molecular weight is 523 g/mol. The number of phenolic OH excluding ortho intramolecular Hbond substituents is 2. The topological polar surface area (TPSA) is 58.9 Å². The molecule has 38 heavy (non-hydrogen) atoms. The first-order valence-electron chi connectivity index (χ1n) is 14.5. The number of aromatic hydroxyl groups is 2. The van der Waals surface area contributed by atoms with E-state index >= 15 is 0 Å². The molecule has 3 rings (SSSR count). The molecule has 0 aliphatic heterocycles. The van der Waals surface area contributed by atoms with Crippen LogP contribution in [0, 0.1) is 0 Å². The first-order chi connectivity index (χ1) is 18.6. The molecule has 0 spiro atoms. The molecule has 0 unspecified atom stereocenters. The van der Waals surface area contributed by atoms with Crippen molar-refractivity contribution in [2.24, 2.45) is 0 Å². The van der Waals surface area contributed by atoms with Gasteiger partial charge in [0.25, 0.3) is 0 Å². The molecule has 3 aromatic carbocycles. The molecule has 0 saturated carbocycles. The van der Waals surface area contributed by atoms with Crippen LogP contribution < -0.4 is 9.47 Å². The predicted octanol–water partition coefficient (Wildman–Crippen LogP) is 9.51. The van der Waals surface area contributed by atoms with E-state index in [0.29, 0.717) is 0 Å². The van der Waals surface area contributed by atoms with Crippen molar-refractivity contribution in [1.82, 2.24) is 0 Å². The summed E-state index contributed by atoms with van der Waals surface area (Å²) in [6, 6.07) is 22.8. The maximum absolute atomic E-state index is 8.65. The molecule has 4 nitrogen and oxygen atoms in total. The average Bonchev–Trinajstić information content (AvgIpc) is 2.95. The molecule has 0 atom stereocenters. The van der Waals surface area contributed by atoms with Gasteiger partial charge >= 0.3 is 0 Å². The van der Waals surface area contributed by atoms with Gasteiger partial charge in [-0.1, -0.05) is 96.6 Å². The standard InChI is InChI=1S/C26H38O2.C6H6O2.C2H6/c1-3-23-13-17-25(18-14-23)27-21-11-9-7-5-6-8-10-12-22-28-26-19-15-24(4-2)16-20-26;7-5-2-1-3-6(8)4-5;1-2/h13-20H,3-12,21-22H2,1-2H3;1-4,7-8H;1-2H3. The van der Waals surface area contributed by atoms with E-state index in [0.717, 1.165) is 50.4 Å². The number of hydrogen-bond acceptors (Lipinski definition) is 4. The summed E-state index contributed by atoms with van der Waals surface area (Å²) in [5.74, 6) is 2.18. The molecule has 2 N–H and O–H groups in total. The molecule has 0 heterocycles. The zero-order valence-corrected chi connectivity index (χ0v) is 24.1. The van der Waals surface area contributed by atoms with E-state index in [9.17, 15) is 0 Å². The fraction of sp³-hybridized carbons (Fsp3) is 0.471. The van der Waals surface area contributed by atoms with E-state index in [1.165, 1.54) is 67.9 Å². The van der Waals surface area contributed by atoms with Gasteiger partial charge in [-0.2, -0.15) is 0 Å². The van der Waals surface area contributed by atoms with Crippen LogP contribution in [-0.2, 0) is 12.8 Å². The van der Waals surface area contributed by atoms with Crippen LogP contribution in [0.2, 0.25) is 0 Å². The lowest BCUT2D eigenvalue weighted by molar-refractivity contribution is 0.301. The number of hydrogen-bond donors (Lipinski definition) is 2. The first-order valence-corrected chi connectivity index (χ1v) is 14.5. The van der Waals surface area contributed by atoms with Gasteiger partial charge in [-0.25, -0.2) is 0 Å². The fourth-order valence-corrected chi connectivity index (χ4v) is 3.78. The van der Waals surface area contributed by atoms with Gasteiger partial charge in [-0.15, -0.1) is 0 Å². The lowest BCUT2D eigenvalue weighted by atomic mass is 10.1. The molecule has 0 bridgehead atoms. The second kappa shape index (κ2) is 21.9. The third-order valence-electron chi connectivity index (χ3n) is 6.07. The highest BCUT2D eigenvalue weighted by molar-refractivity contribution is 5.30. The molecule has 3 aromatic rings. The summed E-state index contributed by atoms with van der Waals surface area (Å²) in [7, 11) is 0. The first kappa shape index (κ1) is 32.9. The number of ether oxygens (including phenoxy) is 2. The van der Waals surface area contributed by atoms with Crippen molar-refractivity contribution in [3.63, 3.8) is 0 Å². The summed E-state index contributed by atoms with van der Waals surface area (Å²) in [6.45, 7) is 10.0. The Kier molecular flexibility index (Phi) is 19.0. The largest absolute Gasteiger partial charge is 0.508 e. The SMILES string of the molecule is CC.CCc1ccc(OCCCCCCCCCCOc2ccc(CC)cc2)cc1.Oc1cccc(O)c1. The second-order valence-corrected chi connectivity index (χ2v) is 9.04. The molecule has 0 fully saturated rings. The lowest BCUT2D eigenvalue weighted by Crippen LogP contribution is -1.98. The summed E-state index contributed by atoms with van der Waals surface area (Å²) >= 11 is 0. The van der Waals surface area contributed by atoms with E-state index in [1.807, 2.05) is 13.8 Å². The Morgan fingerprint density at radius 3 is 1.13 bits per heavy atom. The molecule has 0 aromatic heterocycles.